The number of hydrogen-bond donors (Lipinski definition) is 0. The Morgan fingerprint density at radius 3 is 2.65 bits per heavy atom. The number of hydrogen-bond acceptors (Lipinski definition) is 3. The molecule has 1 amide bonds. The maximum atomic E-state index is 13.0. The Balaban J connectivity index is 1.95. The van der Waals surface area contributed by atoms with Crippen LogP contribution in [0.25, 0.3) is 0 Å². The van der Waals surface area contributed by atoms with Crippen molar-refractivity contribution in [3.63, 3.8) is 0 Å². The van der Waals surface area contributed by atoms with Gasteiger partial charge >= 0.3 is 0 Å². The highest BCUT2D eigenvalue weighted by Crippen LogP contribution is 2.25. The quantitative estimate of drug-likeness (QED) is 0.809. The number of amides is 1. The molecule has 0 atom stereocenters. The molecule has 4 nitrogen and oxygen atoms in total. The number of halogens is 2. The van der Waals surface area contributed by atoms with Gasteiger partial charge in [0.25, 0.3) is 5.91 Å². The number of ether oxygens (including phenoxy) is 2. The molecule has 0 aliphatic carbocycles. The van der Waals surface area contributed by atoms with Crippen molar-refractivity contribution in [1.29, 1.82) is 0 Å². The first-order valence-corrected chi connectivity index (χ1v) is 7.32. The average Bonchev–Trinajstić information content (AvgIpc) is 2.54. The first-order chi connectivity index (χ1) is 11.0. The number of rotatable bonds is 6. The Labute approximate surface area is 139 Å². The zero-order valence-corrected chi connectivity index (χ0v) is 13.6. The largest absolute Gasteiger partial charge is 0.496 e. The van der Waals surface area contributed by atoms with Crippen LogP contribution in [0, 0.1) is 5.82 Å². The Bertz CT molecular complexity index is 693. The molecule has 0 unspecified atom stereocenters. The summed E-state index contributed by atoms with van der Waals surface area (Å²) in [7, 11) is 3.25. The molecule has 2 aromatic carbocycles. The molecule has 0 N–H and O–H groups in total. The third-order valence-electron chi connectivity index (χ3n) is 3.27. The van der Waals surface area contributed by atoms with Crippen LogP contribution >= 0.6 is 11.6 Å². The summed E-state index contributed by atoms with van der Waals surface area (Å²) in [5.74, 6) is 0.306. The van der Waals surface area contributed by atoms with Gasteiger partial charge in [0.15, 0.2) is 6.61 Å². The summed E-state index contributed by atoms with van der Waals surface area (Å²) in [6, 6.07) is 11.2. The average molecular weight is 338 g/mol. The Kier molecular flexibility index (Phi) is 5.82. The fraction of sp³-hybridized carbons (Fsp3) is 0.235. The molecule has 122 valence electrons. The predicted molar refractivity (Wildman–Crippen MR) is 86.4 cm³/mol. The van der Waals surface area contributed by atoms with Crippen LogP contribution in [-0.2, 0) is 11.3 Å². The summed E-state index contributed by atoms with van der Waals surface area (Å²) in [6.07, 6.45) is 0. The highest BCUT2D eigenvalue weighted by molar-refractivity contribution is 6.32. The van der Waals surface area contributed by atoms with Crippen molar-refractivity contribution in [2.45, 2.75) is 6.54 Å². The molecule has 0 bridgehead atoms. The predicted octanol–water partition coefficient (Wildman–Crippen LogP) is 3.53. The molecule has 6 heteroatoms. The summed E-state index contributed by atoms with van der Waals surface area (Å²) < 4.78 is 23.6. The van der Waals surface area contributed by atoms with Gasteiger partial charge in [-0.15, -0.1) is 0 Å². The highest BCUT2D eigenvalue weighted by atomic mass is 35.5. The minimum Gasteiger partial charge on any atom is -0.496 e. The van der Waals surface area contributed by atoms with Crippen molar-refractivity contribution < 1.29 is 18.7 Å². The van der Waals surface area contributed by atoms with Crippen LogP contribution in [0.5, 0.6) is 11.5 Å². The van der Waals surface area contributed by atoms with Gasteiger partial charge < -0.3 is 14.4 Å². The SMILES string of the molecule is COc1ccccc1CN(C)C(=O)COc1ccc(F)cc1Cl. The van der Waals surface area contributed by atoms with Crippen molar-refractivity contribution in [2.24, 2.45) is 0 Å². The molecule has 0 fully saturated rings. The van der Waals surface area contributed by atoms with Crippen molar-refractivity contribution in [2.75, 3.05) is 20.8 Å². The lowest BCUT2D eigenvalue weighted by molar-refractivity contribution is -0.132. The summed E-state index contributed by atoms with van der Waals surface area (Å²) in [6.45, 7) is 0.209. The lowest BCUT2D eigenvalue weighted by atomic mass is 10.2. The second-order valence-electron chi connectivity index (χ2n) is 4.93. The van der Waals surface area contributed by atoms with Crippen LogP contribution in [0.4, 0.5) is 4.39 Å². The van der Waals surface area contributed by atoms with E-state index in [1.165, 1.54) is 17.0 Å². The van der Waals surface area contributed by atoms with Gasteiger partial charge in [0.05, 0.1) is 12.1 Å². The van der Waals surface area contributed by atoms with Crippen LogP contribution in [-0.4, -0.2) is 31.6 Å². The standard InChI is InChI=1S/C17H17ClFNO3/c1-20(10-12-5-3-4-6-15(12)22-2)17(21)11-23-16-8-7-13(19)9-14(16)18/h3-9H,10-11H2,1-2H3. The molecule has 2 rings (SSSR count). The third-order valence-corrected chi connectivity index (χ3v) is 3.57. The van der Waals surface area contributed by atoms with E-state index in [9.17, 15) is 9.18 Å². The molecule has 0 heterocycles. The van der Waals surface area contributed by atoms with E-state index in [1.54, 1.807) is 14.2 Å². The zero-order chi connectivity index (χ0) is 16.8. The second kappa shape index (κ2) is 7.83. The van der Waals surface area contributed by atoms with Gasteiger partial charge in [-0.1, -0.05) is 29.8 Å². The molecule has 0 spiro atoms. The number of methoxy groups -OCH3 is 1. The maximum Gasteiger partial charge on any atom is 0.260 e. The fourth-order valence-corrected chi connectivity index (χ4v) is 2.24. The molecule has 0 radical (unpaired) electrons. The molecular weight excluding hydrogens is 321 g/mol. The highest BCUT2D eigenvalue weighted by Gasteiger charge is 2.13. The zero-order valence-electron chi connectivity index (χ0n) is 12.9. The van der Waals surface area contributed by atoms with Crippen molar-refractivity contribution in [3.05, 3.63) is 58.9 Å². The van der Waals surface area contributed by atoms with Crippen LogP contribution in [0.1, 0.15) is 5.56 Å². The first kappa shape index (κ1) is 17.1. The minimum absolute atomic E-state index is 0.130. The molecular formula is C17H17ClFNO3. The van der Waals surface area contributed by atoms with Gasteiger partial charge in [-0.3, -0.25) is 4.79 Å². The number of para-hydroxylation sites is 1. The van der Waals surface area contributed by atoms with Crippen LogP contribution in [0.15, 0.2) is 42.5 Å². The van der Waals surface area contributed by atoms with E-state index in [-0.39, 0.29) is 23.3 Å². The summed E-state index contributed by atoms with van der Waals surface area (Å²) in [4.78, 5) is 13.7. The smallest absolute Gasteiger partial charge is 0.260 e. The van der Waals surface area contributed by atoms with E-state index in [0.717, 1.165) is 17.4 Å². The van der Waals surface area contributed by atoms with Gasteiger partial charge in [0.1, 0.15) is 17.3 Å². The first-order valence-electron chi connectivity index (χ1n) is 6.95. The molecule has 23 heavy (non-hydrogen) atoms. The summed E-state index contributed by atoms with van der Waals surface area (Å²) >= 11 is 5.86. The second-order valence-corrected chi connectivity index (χ2v) is 5.33. The number of benzene rings is 2. The number of carbonyl (C=O) groups is 1. The lowest BCUT2D eigenvalue weighted by Crippen LogP contribution is -2.31. The Hall–Kier alpha value is -2.27. The van der Waals surface area contributed by atoms with Gasteiger partial charge in [-0.25, -0.2) is 4.39 Å². The van der Waals surface area contributed by atoms with E-state index in [4.69, 9.17) is 21.1 Å². The number of nitrogens with zero attached hydrogens (tertiary/aromatic N) is 1. The monoisotopic (exact) mass is 337 g/mol. The Morgan fingerprint density at radius 1 is 1.22 bits per heavy atom. The topological polar surface area (TPSA) is 38.8 Å². The Morgan fingerprint density at radius 2 is 1.96 bits per heavy atom. The number of carbonyl (C=O) groups excluding carboxylic acids is 1. The van der Waals surface area contributed by atoms with Gasteiger partial charge in [-0.2, -0.15) is 0 Å². The van der Waals surface area contributed by atoms with Crippen LogP contribution < -0.4 is 9.47 Å². The van der Waals surface area contributed by atoms with E-state index in [2.05, 4.69) is 0 Å². The van der Waals surface area contributed by atoms with Crippen LogP contribution in [0.2, 0.25) is 5.02 Å². The van der Waals surface area contributed by atoms with Crippen molar-refractivity contribution in [3.8, 4) is 11.5 Å². The molecule has 0 aliphatic heterocycles. The number of likely N-dealkylation sites (N-methyl/N-ethyl adjacent to an activating group) is 1. The van der Waals surface area contributed by atoms with E-state index in [1.807, 2.05) is 24.3 Å². The molecule has 0 aliphatic rings. The molecule has 0 aromatic heterocycles. The molecule has 2 aromatic rings. The van der Waals surface area contributed by atoms with Gasteiger partial charge in [0, 0.05) is 19.2 Å². The normalized spacial score (nSPS) is 10.3. The van der Waals surface area contributed by atoms with Gasteiger partial charge in [-0.05, 0) is 24.3 Å². The van der Waals surface area contributed by atoms with Crippen LogP contribution in [0.3, 0.4) is 0 Å². The summed E-state index contributed by atoms with van der Waals surface area (Å²) in [5, 5.41) is 0.130. The molecule has 0 saturated carbocycles. The third kappa shape index (κ3) is 4.60. The van der Waals surface area contributed by atoms with Crippen molar-refractivity contribution in [1.82, 2.24) is 4.90 Å². The van der Waals surface area contributed by atoms with E-state index >= 15 is 0 Å². The van der Waals surface area contributed by atoms with E-state index in [0.29, 0.717) is 6.54 Å². The van der Waals surface area contributed by atoms with Crippen molar-refractivity contribution >= 4 is 17.5 Å². The van der Waals surface area contributed by atoms with E-state index < -0.39 is 5.82 Å². The fourth-order valence-electron chi connectivity index (χ4n) is 2.02. The minimum atomic E-state index is -0.457. The lowest BCUT2D eigenvalue weighted by Gasteiger charge is -2.19. The maximum absolute atomic E-state index is 13.0. The molecule has 0 saturated heterocycles. The van der Waals surface area contributed by atoms with Gasteiger partial charge in [0.2, 0.25) is 0 Å². The summed E-state index contributed by atoms with van der Waals surface area (Å²) in [5.41, 5.74) is 0.894.